The first-order valence-electron chi connectivity index (χ1n) is 6.89. The predicted octanol–water partition coefficient (Wildman–Crippen LogP) is 4.75. The van der Waals surface area contributed by atoms with Crippen LogP contribution >= 0.6 is 27.7 Å². The molecule has 0 saturated heterocycles. The molecule has 0 radical (unpaired) electrons. The third kappa shape index (κ3) is 8.01. The fourth-order valence-corrected chi connectivity index (χ4v) is 2.80. The van der Waals surface area contributed by atoms with Gasteiger partial charge in [0.05, 0.1) is 0 Å². The Hall–Kier alpha value is 0.01000. The Labute approximate surface area is 131 Å². The number of hydrogen-bond donors (Lipinski definition) is 1. The van der Waals surface area contributed by atoms with E-state index in [1.807, 2.05) is 11.8 Å². The molecule has 0 spiro atoms. The van der Waals surface area contributed by atoms with E-state index in [0.29, 0.717) is 5.92 Å². The summed E-state index contributed by atoms with van der Waals surface area (Å²) in [5.41, 5.74) is 1.64. The minimum atomic E-state index is 0.206. The van der Waals surface area contributed by atoms with Gasteiger partial charge in [0.15, 0.2) is 0 Å². The van der Waals surface area contributed by atoms with Crippen LogP contribution < -0.4 is 5.32 Å². The first-order valence-corrected chi connectivity index (χ1v) is 9.08. The van der Waals surface area contributed by atoms with Crippen molar-refractivity contribution in [3.63, 3.8) is 0 Å². The second kappa shape index (κ2) is 8.33. The van der Waals surface area contributed by atoms with Crippen molar-refractivity contribution in [2.45, 2.75) is 39.2 Å². The van der Waals surface area contributed by atoms with Gasteiger partial charge in [0.1, 0.15) is 0 Å². The summed E-state index contributed by atoms with van der Waals surface area (Å²) >= 11 is 5.44. The molecule has 3 heteroatoms. The van der Waals surface area contributed by atoms with Crippen LogP contribution in [0, 0.1) is 5.92 Å². The van der Waals surface area contributed by atoms with Crippen molar-refractivity contribution in [1.82, 2.24) is 5.32 Å². The van der Waals surface area contributed by atoms with Crippen molar-refractivity contribution in [2.24, 2.45) is 5.92 Å². The van der Waals surface area contributed by atoms with Crippen LogP contribution in [0.15, 0.2) is 28.7 Å². The van der Waals surface area contributed by atoms with Crippen molar-refractivity contribution in [2.75, 3.05) is 18.6 Å². The van der Waals surface area contributed by atoms with Gasteiger partial charge in [-0.3, -0.25) is 0 Å². The van der Waals surface area contributed by atoms with Crippen molar-refractivity contribution in [3.8, 4) is 0 Å². The lowest BCUT2D eigenvalue weighted by Crippen LogP contribution is -2.39. The molecular formula is C16H26BrNS. The van der Waals surface area contributed by atoms with E-state index < -0.39 is 0 Å². The van der Waals surface area contributed by atoms with Crippen LogP contribution in [-0.4, -0.2) is 24.1 Å². The Morgan fingerprint density at radius 1 is 1.21 bits per heavy atom. The van der Waals surface area contributed by atoms with Crippen molar-refractivity contribution in [3.05, 3.63) is 34.3 Å². The average molecular weight is 344 g/mol. The van der Waals surface area contributed by atoms with Gasteiger partial charge in [-0.25, -0.2) is 0 Å². The number of halogens is 1. The molecule has 0 amide bonds. The highest BCUT2D eigenvalue weighted by Gasteiger charge is 2.14. The molecule has 0 bridgehead atoms. The molecule has 0 saturated carbocycles. The Balaban J connectivity index is 2.55. The maximum absolute atomic E-state index is 3.64. The van der Waals surface area contributed by atoms with Crippen molar-refractivity contribution < 1.29 is 0 Å². The van der Waals surface area contributed by atoms with E-state index in [1.54, 1.807) is 0 Å². The third-order valence-corrected chi connectivity index (χ3v) is 4.26. The van der Waals surface area contributed by atoms with Crippen LogP contribution in [0.5, 0.6) is 0 Å². The van der Waals surface area contributed by atoms with Gasteiger partial charge < -0.3 is 5.32 Å². The number of nitrogens with one attached hydrogen (secondary N) is 1. The lowest BCUT2D eigenvalue weighted by atomic mass is 9.95. The van der Waals surface area contributed by atoms with Gasteiger partial charge in [0.25, 0.3) is 0 Å². The van der Waals surface area contributed by atoms with E-state index in [1.165, 1.54) is 17.7 Å². The first-order chi connectivity index (χ1) is 8.90. The third-order valence-electron chi connectivity index (χ3n) is 3.09. The van der Waals surface area contributed by atoms with Crippen LogP contribution in [0.2, 0.25) is 0 Å². The normalized spacial score (nSPS) is 13.5. The number of thioether (sulfide) groups is 1. The molecule has 0 aromatic heterocycles. The van der Waals surface area contributed by atoms with Gasteiger partial charge in [-0.15, -0.1) is 0 Å². The monoisotopic (exact) mass is 343 g/mol. The zero-order valence-electron chi connectivity index (χ0n) is 12.5. The summed E-state index contributed by atoms with van der Waals surface area (Å²) in [6.07, 6.45) is 4.63. The molecule has 1 N–H and O–H groups in total. The molecule has 0 aliphatic rings. The van der Waals surface area contributed by atoms with Crippen LogP contribution in [0.25, 0.3) is 0 Å². The van der Waals surface area contributed by atoms with Gasteiger partial charge >= 0.3 is 0 Å². The van der Waals surface area contributed by atoms with E-state index in [9.17, 15) is 0 Å². The zero-order chi connectivity index (χ0) is 14.3. The van der Waals surface area contributed by atoms with Crippen LogP contribution in [0.4, 0.5) is 0 Å². The van der Waals surface area contributed by atoms with Crippen molar-refractivity contribution in [1.29, 1.82) is 0 Å². The lowest BCUT2D eigenvalue weighted by Gasteiger charge is -2.25. The molecule has 1 unspecified atom stereocenters. The molecule has 0 fully saturated rings. The van der Waals surface area contributed by atoms with Gasteiger partial charge in [0, 0.05) is 10.0 Å². The van der Waals surface area contributed by atoms with Crippen LogP contribution in [0.3, 0.4) is 0 Å². The molecule has 1 atom stereocenters. The fourth-order valence-electron chi connectivity index (χ4n) is 1.97. The maximum atomic E-state index is 3.64. The molecule has 0 heterocycles. The molecule has 0 aliphatic carbocycles. The highest BCUT2D eigenvalue weighted by atomic mass is 79.9. The van der Waals surface area contributed by atoms with Crippen LogP contribution in [-0.2, 0) is 6.42 Å². The Morgan fingerprint density at radius 3 is 2.37 bits per heavy atom. The highest BCUT2D eigenvalue weighted by molar-refractivity contribution is 9.10. The summed E-state index contributed by atoms with van der Waals surface area (Å²) in [6.45, 7) is 7.80. The van der Waals surface area contributed by atoms with Crippen molar-refractivity contribution >= 4 is 27.7 Å². The molecule has 108 valence electrons. The minimum Gasteiger partial charge on any atom is -0.312 e. The largest absolute Gasteiger partial charge is 0.312 e. The van der Waals surface area contributed by atoms with E-state index >= 15 is 0 Å². The summed E-state index contributed by atoms with van der Waals surface area (Å²) in [4.78, 5) is 0. The standard InChI is InChI=1S/C16H26BrNS/c1-16(2,3)18-12-14(9-10-19-4)11-13-5-7-15(17)8-6-13/h5-8,14,18H,9-12H2,1-4H3. The van der Waals surface area contributed by atoms with Crippen LogP contribution in [0.1, 0.15) is 32.8 Å². The molecule has 1 aromatic carbocycles. The quantitative estimate of drug-likeness (QED) is 0.766. The Morgan fingerprint density at radius 2 is 1.84 bits per heavy atom. The first kappa shape index (κ1) is 17.1. The Kier molecular flexibility index (Phi) is 7.48. The molecule has 19 heavy (non-hydrogen) atoms. The fraction of sp³-hybridized carbons (Fsp3) is 0.625. The number of rotatable bonds is 7. The Bertz CT molecular complexity index is 356. The molecule has 1 nitrogen and oxygen atoms in total. The van der Waals surface area contributed by atoms with Gasteiger partial charge in [0.2, 0.25) is 0 Å². The number of hydrogen-bond acceptors (Lipinski definition) is 2. The second-order valence-electron chi connectivity index (χ2n) is 6.11. The molecule has 0 aliphatic heterocycles. The molecular weight excluding hydrogens is 318 g/mol. The smallest absolute Gasteiger partial charge is 0.0175 e. The highest BCUT2D eigenvalue weighted by Crippen LogP contribution is 2.17. The van der Waals surface area contributed by atoms with E-state index in [2.05, 4.69) is 72.5 Å². The molecule has 1 aromatic rings. The minimum absolute atomic E-state index is 0.206. The van der Waals surface area contributed by atoms with E-state index in [-0.39, 0.29) is 5.54 Å². The molecule has 1 rings (SSSR count). The predicted molar refractivity (Wildman–Crippen MR) is 92.1 cm³/mol. The SMILES string of the molecule is CSCCC(CNC(C)(C)C)Cc1ccc(Br)cc1. The summed E-state index contributed by atoms with van der Waals surface area (Å²) in [5.74, 6) is 1.96. The summed E-state index contributed by atoms with van der Waals surface area (Å²) in [7, 11) is 0. The zero-order valence-corrected chi connectivity index (χ0v) is 14.9. The summed E-state index contributed by atoms with van der Waals surface area (Å²) in [5, 5.41) is 3.64. The van der Waals surface area contributed by atoms with E-state index in [4.69, 9.17) is 0 Å². The van der Waals surface area contributed by atoms with E-state index in [0.717, 1.165) is 17.4 Å². The maximum Gasteiger partial charge on any atom is 0.0175 e. The summed E-state index contributed by atoms with van der Waals surface area (Å²) < 4.78 is 1.16. The topological polar surface area (TPSA) is 12.0 Å². The second-order valence-corrected chi connectivity index (χ2v) is 8.01. The number of benzene rings is 1. The van der Waals surface area contributed by atoms with Gasteiger partial charge in [-0.1, -0.05) is 28.1 Å². The van der Waals surface area contributed by atoms with Gasteiger partial charge in [-0.05, 0) is 75.8 Å². The summed E-state index contributed by atoms with van der Waals surface area (Å²) in [6, 6.07) is 8.73. The average Bonchev–Trinajstić information content (AvgIpc) is 2.34. The van der Waals surface area contributed by atoms with Gasteiger partial charge in [-0.2, -0.15) is 11.8 Å². The lowest BCUT2D eigenvalue weighted by molar-refractivity contribution is 0.364.